The quantitative estimate of drug-likeness (QED) is 0.931. The molecule has 3 rings (SSSR count). The van der Waals surface area contributed by atoms with Gasteiger partial charge in [-0.25, -0.2) is 4.52 Å². The van der Waals surface area contributed by atoms with Gasteiger partial charge in [-0.1, -0.05) is 0 Å². The Bertz CT molecular complexity index is 574. The summed E-state index contributed by atoms with van der Waals surface area (Å²) < 4.78 is 2.80. The maximum atomic E-state index is 4.46. The number of nitrogens with one attached hydrogen (secondary N) is 1. The molecule has 5 nitrogen and oxygen atoms in total. The van der Waals surface area contributed by atoms with Crippen molar-refractivity contribution >= 4 is 27.5 Å². The van der Waals surface area contributed by atoms with Gasteiger partial charge in [0.15, 0.2) is 5.65 Å². The van der Waals surface area contributed by atoms with Crippen LogP contribution in [0.15, 0.2) is 22.8 Å². The third kappa shape index (κ3) is 3.30. The monoisotopic (exact) mass is 337 g/mol. The summed E-state index contributed by atoms with van der Waals surface area (Å²) in [6, 6.07) is 3.94. The topological polar surface area (TPSA) is 45.5 Å². The van der Waals surface area contributed by atoms with Gasteiger partial charge in [0.05, 0.1) is 0 Å². The molecule has 1 fully saturated rings. The zero-order valence-electron chi connectivity index (χ0n) is 11.7. The van der Waals surface area contributed by atoms with Crippen LogP contribution in [0, 0.1) is 5.92 Å². The number of rotatable bonds is 4. The van der Waals surface area contributed by atoms with Gasteiger partial charge in [-0.2, -0.15) is 4.98 Å². The number of hydrogen-bond acceptors (Lipinski definition) is 4. The predicted molar refractivity (Wildman–Crippen MR) is 84.0 cm³/mol. The molecule has 0 saturated carbocycles. The van der Waals surface area contributed by atoms with Crippen LogP contribution in [-0.2, 0) is 0 Å². The van der Waals surface area contributed by atoms with Crippen LogP contribution in [0.1, 0.15) is 19.3 Å². The number of fused-ring (bicyclic) bond motifs is 1. The van der Waals surface area contributed by atoms with Gasteiger partial charge in [0.2, 0.25) is 5.95 Å². The molecular weight excluding hydrogens is 318 g/mol. The van der Waals surface area contributed by atoms with E-state index in [0.29, 0.717) is 0 Å². The first kappa shape index (κ1) is 13.8. The molecule has 2 aromatic rings. The molecule has 1 aliphatic rings. The number of anilines is 1. The smallest absolute Gasteiger partial charge is 0.243 e. The largest absolute Gasteiger partial charge is 0.353 e. The number of aromatic nitrogens is 3. The highest BCUT2D eigenvalue weighted by Gasteiger charge is 2.16. The van der Waals surface area contributed by atoms with Gasteiger partial charge in [0, 0.05) is 17.2 Å². The third-order valence-electron chi connectivity index (χ3n) is 3.97. The molecule has 0 radical (unpaired) electrons. The van der Waals surface area contributed by atoms with E-state index in [-0.39, 0.29) is 0 Å². The van der Waals surface area contributed by atoms with Crippen molar-refractivity contribution in [1.29, 1.82) is 0 Å². The lowest BCUT2D eigenvalue weighted by Crippen LogP contribution is -2.30. The van der Waals surface area contributed by atoms with E-state index in [1.807, 2.05) is 18.3 Å². The van der Waals surface area contributed by atoms with Crippen LogP contribution in [0.2, 0.25) is 0 Å². The molecular formula is C14H20BrN5. The minimum Gasteiger partial charge on any atom is -0.353 e. The van der Waals surface area contributed by atoms with Crippen LogP contribution >= 0.6 is 15.9 Å². The van der Waals surface area contributed by atoms with E-state index in [1.54, 1.807) is 4.52 Å². The fourth-order valence-electron chi connectivity index (χ4n) is 2.67. The SMILES string of the molecule is CN1CCC(CCNc2nc3ccc(Br)cn3n2)CC1. The van der Waals surface area contributed by atoms with Gasteiger partial charge >= 0.3 is 0 Å². The summed E-state index contributed by atoms with van der Waals surface area (Å²) in [5.41, 5.74) is 0.870. The zero-order chi connectivity index (χ0) is 13.9. The standard InChI is InChI=1S/C14H20BrN5/c1-19-8-5-11(6-9-19)4-7-16-14-17-13-3-2-12(15)10-20(13)18-14/h2-3,10-11H,4-9H2,1H3,(H,16,18). The molecule has 0 aliphatic carbocycles. The van der Waals surface area contributed by atoms with Crippen LogP contribution in [0.25, 0.3) is 5.65 Å². The molecule has 1 aliphatic heterocycles. The first-order chi connectivity index (χ1) is 9.70. The normalized spacial score (nSPS) is 17.7. The van der Waals surface area contributed by atoms with E-state index in [4.69, 9.17) is 0 Å². The van der Waals surface area contributed by atoms with Crippen molar-refractivity contribution < 1.29 is 0 Å². The first-order valence-electron chi connectivity index (χ1n) is 7.15. The Morgan fingerprint density at radius 3 is 2.95 bits per heavy atom. The van der Waals surface area contributed by atoms with E-state index < -0.39 is 0 Å². The van der Waals surface area contributed by atoms with Gasteiger partial charge in [0.1, 0.15) is 0 Å². The van der Waals surface area contributed by atoms with Gasteiger partial charge in [-0.15, -0.1) is 5.10 Å². The van der Waals surface area contributed by atoms with Crippen molar-refractivity contribution in [3.05, 3.63) is 22.8 Å². The average molecular weight is 338 g/mol. The Kier molecular flexibility index (Phi) is 4.21. The van der Waals surface area contributed by atoms with E-state index in [0.717, 1.165) is 28.5 Å². The van der Waals surface area contributed by atoms with Gasteiger partial charge < -0.3 is 10.2 Å². The molecule has 108 valence electrons. The van der Waals surface area contributed by atoms with Crippen LogP contribution < -0.4 is 5.32 Å². The number of halogens is 1. The summed E-state index contributed by atoms with van der Waals surface area (Å²) in [7, 11) is 2.20. The molecule has 20 heavy (non-hydrogen) atoms. The Hall–Kier alpha value is -1.14. The van der Waals surface area contributed by atoms with Gasteiger partial charge in [-0.3, -0.25) is 0 Å². The van der Waals surface area contributed by atoms with E-state index >= 15 is 0 Å². The lowest BCUT2D eigenvalue weighted by atomic mass is 9.94. The van der Waals surface area contributed by atoms with Crippen molar-refractivity contribution in [1.82, 2.24) is 19.5 Å². The molecule has 0 amide bonds. The lowest BCUT2D eigenvalue weighted by Gasteiger charge is -2.28. The van der Waals surface area contributed by atoms with Crippen molar-refractivity contribution in [3.63, 3.8) is 0 Å². The molecule has 0 atom stereocenters. The third-order valence-corrected chi connectivity index (χ3v) is 4.44. The molecule has 1 N–H and O–H groups in total. The summed E-state index contributed by atoms with van der Waals surface area (Å²) in [5.74, 6) is 1.56. The number of pyridine rings is 1. The summed E-state index contributed by atoms with van der Waals surface area (Å²) in [5, 5.41) is 7.76. The highest BCUT2D eigenvalue weighted by Crippen LogP contribution is 2.19. The number of likely N-dealkylation sites (tertiary alicyclic amines) is 1. The molecule has 6 heteroatoms. The Morgan fingerprint density at radius 1 is 1.35 bits per heavy atom. The minimum absolute atomic E-state index is 0.719. The van der Waals surface area contributed by atoms with Crippen LogP contribution in [0.3, 0.4) is 0 Å². The van der Waals surface area contributed by atoms with Crippen LogP contribution in [-0.4, -0.2) is 46.2 Å². The summed E-state index contributed by atoms with van der Waals surface area (Å²) in [6.07, 6.45) is 5.74. The van der Waals surface area contributed by atoms with Gasteiger partial charge in [-0.05, 0) is 73.4 Å². The van der Waals surface area contributed by atoms with Crippen LogP contribution in [0.5, 0.6) is 0 Å². The second-order valence-electron chi connectivity index (χ2n) is 5.55. The highest BCUT2D eigenvalue weighted by molar-refractivity contribution is 9.10. The Morgan fingerprint density at radius 2 is 2.15 bits per heavy atom. The number of piperidine rings is 1. The maximum absolute atomic E-state index is 4.46. The molecule has 0 bridgehead atoms. The summed E-state index contributed by atoms with van der Waals surface area (Å²) in [4.78, 5) is 6.87. The summed E-state index contributed by atoms with van der Waals surface area (Å²) in [6.45, 7) is 3.41. The lowest BCUT2D eigenvalue weighted by molar-refractivity contribution is 0.215. The van der Waals surface area contributed by atoms with Crippen molar-refractivity contribution in [3.8, 4) is 0 Å². The van der Waals surface area contributed by atoms with E-state index in [9.17, 15) is 0 Å². The maximum Gasteiger partial charge on any atom is 0.243 e. The molecule has 0 aromatic carbocycles. The Balaban J connectivity index is 1.52. The average Bonchev–Trinajstić information content (AvgIpc) is 2.83. The van der Waals surface area contributed by atoms with E-state index in [1.165, 1.54) is 32.4 Å². The van der Waals surface area contributed by atoms with Crippen molar-refractivity contribution in [2.45, 2.75) is 19.3 Å². The van der Waals surface area contributed by atoms with Gasteiger partial charge in [0.25, 0.3) is 0 Å². The highest BCUT2D eigenvalue weighted by atomic mass is 79.9. The van der Waals surface area contributed by atoms with Crippen molar-refractivity contribution in [2.75, 3.05) is 32.0 Å². The first-order valence-corrected chi connectivity index (χ1v) is 7.94. The molecule has 0 unspecified atom stereocenters. The predicted octanol–water partition coefficient (Wildman–Crippen LogP) is 2.64. The fourth-order valence-corrected chi connectivity index (χ4v) is 3.00. The summed E-state index contributed by atoms with van der Waals surface area (Å²) >= 11 is 3.44. The Labute approximate surface area is 127 Å². The zero-order valence-corrected chi connectivity index (χ0v) is 13.3. The molecule has 1 saturated heterocycles. The number of nitrogens with zero attached hydrogens (tertiary/aromatic N) is 4. The second kappa shape index (κ2) is 6.10. The van der Waals surface area contributed by atoms with E-state index in [2.05, 4.69) is 43.3 Å². The molecule has 3 heterocycles. The molecule has 0 spiro atoms. The van der Waals surface area contributed by atoms with Crippen molar-refractivity contribution in [2.24, 2.45) is 5.92 Å². The van der Waals surface area contributed by atoms with Crippen LogP contribution in [0.4, 0.5) is 5.95 Å². The molecule has 2 aromatic heterocycles. The second-order valence-corrected chi connectivity index (χ2v) is 6.46. The minimum atomic E-state index is 0.719. The number of hydrogen-bond donors (Lipinski definition) is 1. The fraction of sp³-hybridized carbons (Fsp3) is 0.571.